The molecule has 5 rings (SSSR count). The van der Waals surface area contributed by atoms with Crippen molar-refractivity contribution in [3.05, 3.63) is 88.2 Å². The number of amides is 1. The summed E-state index contributed by atoms with van der Waals surface area (Å²) < 4.78 is 7.11. The van der Waals surface area contributed by atoms with Crippen LogP contribution in [0.4, 0.5) is 0 Å². The summed E-state index contributed by atoms with van der Waals surface area (Å²) in [4.78, 5) is 30.5. The first-order chi connectivity index (χ1) is 18.0. The van der Waals surface area contributed by atoms with Gasteiger partial charge in [0.05, 0.1) is 48.0 Å². The first-order valence-corrected chi connectivity index (χ1v) is 12.8. The van der Waals surface area contributed by atoms with E-state index in [1.165, 1.54) is 6.20 Å². The summed E-state index contributed by atoms with van der Waals surface area (Å²) in [6.45, 7) is 6.08. The number of aliphatic hydroxyl groups excluding tert-OH is 1. The highest BCUT2D eigenvalue weighted by Crippen LogP contribution is 2.40. The van der Waals surface area contributed by atoms with Crippen LogP contribution in [0, 0.1) is 6.92 Å². The molecule has 3 aromatic rings. The molecule has 1 N–H and O–H groups in total. The molecule has 0 unspecified atom stereocenters. The van der Waals surface area contributed by atoms with E-state index in [2.05, 4.69) is 10.00 Å². The summed E-state index contributed by atoms with van der Waals surface area (Å²) in [6, 6.07) is 15.9. The van der Waals surface area contributed by atoms with Crippen LogP contribution in [0.15, 0.2) is 66.4 Å². The van der Waals surface area contributed by atoms with Gasteiger partial charge in [-0.05, 0) is 43.2 Å². The molecule has 1 amide bonds. The summed E-state index contributed by atoms with van der Waals surface area (Å²) in [5.74, 6) is -1.57. The summed E-state index contributed by atoms with van der Waals surface area (Å²) >= 11 is 6.29. The molecule has 1 aromatic heterocycles. The van der Waals surface area contributed by atoms with Crippen LogP contribution in [-0.2, 0) is 14.3 Å². The molecule has 3 heterocycles. The minimum atomic E-state index is -0.747. The van der Waals surface area contributed by atoms with Gasteiger partial charge in [0.2, 0.25) is 0 Å². The summed E-state index contributed by atoms with van der Waals surface area (Å²) in [6.07, 6.45) is 2.22. The summed E-state index contributed by atoms with van der Waals surface area (Å²) in [5.41, 5.74) is 2.62. The van der Waals surface area contributed by atoms with E-state index in [-0.39, 0.29) is 11.3 Å². The summed E-state index contributed by atoms with van der Waals surface area (Å²) in [5, 5.41) is 16.4. The van der Waals surface area contributed by atoms with E-state index in [1.54, 1.807) is 27.8 Å². The molecule has 8 nitrogen and oxygen atoms in total. The van der Waals surface area contributed by atoms with Crippen LogP contribution in [0.3, 0.4) is 0 Å². The van der Waals surface area contributed by atoms with E-state index in [1.807, 2.05) is 43.3 Å². The first kappa shape index (κ1) is 25.2. The van der Waals surface area contributed by atoms with Crippen molar-refractivity contribution in [2.75, 3.05) is 39.4 Å². The molecule has 0 aliphatic carbocycles. The van der Waals surface area contributed by atoms with Crippen LogP contribution in [0.1, 0.15) is 29.3 Å². The zero-order valence-corrected chi connectivity index (χ0v) is 21.4. The maximum atomic E-state index is 13.4. The fourth-order valence-electron chi connectivity index (χ4n) is 5.04. The highest BCUT2D eigenvalue weighted by Gasteiger charge is 2.46. The van der Waals surface area contributed by atoms with Gasteiger partial charge in [0.15, 0.2) is 0 Å². The maximum absolute atomic E-state index is 13.4. The highest BCUT2D eigenvalue weighted by molar-refractivity contribution is 6.46. The van der Waals surface area contributed by atoms with E-state index >= 15 is 0 Å². The molecular weight excluding hydrogens is 492 g/mol. The molecule has 0 saturated carbocycles. The second-order valence-corrected chi connectivity index (χ2v) is 9.68. The molecule has 192 valence electrons. The van der Waals surface area contributed by atoms with Gasteiger partial charge in [-0.15, -0.1) is 0 Å². The molecule has 2 saturated heterocycles. The topological polar surface area (TPSA) is 87.9 Å². The van der Waals surface area contributed by atoms with E-state index in [9.17, 15) is 14.7 Å². The van der Waals surface area contributed by atoms with Crippen LogP contribution in [-0.4, -0.2) is 75.8 Å². The van der Waals surface area contributed by atoms with Crippen molar-refractivity contribution in [2.24, 2.45) is 0 Å². The molecular formula is C28H29ClN4O4. The number of morpholine rings is 1. The van der Waals surface area contributed by atoms with Gasteiger partial charge >= 0.3 is 0 Å². The standard InChI is InChI=1S/C28H29ClN4O4/c1-19-23(18-30-33(19)22-9-3-2-4-10-22)26(34)24-25(20-7-5-8-21(29)17-20)32(28(36)27(24)35)12-6-11-31-13-15-37-16-14-31/h2-5,7-10,17-18,25,34H,6,11-16H2,1H3/t25-/m1/s1. The number of carbonyl (C=O) groups excluding carboxylic acids is 2. The van der Waals surface area contributed by atoms with Gasteiger partial charge in [0.25, 0.3) is 11.7 Å². The molecule has 2 fully saturated rings. The second-order valence-electron chi connectivity index (χ2n) is 9.25. The third-order valence-corrected chi connectivity index (χ3v) is 7.18. The Hall–Kier alpha value is -3.46. The Labute approximate surface area is 220 Å². The SMILES string of the molecule is Cc1c(C(O)=C2C(=O)C(=O)N(CCCN3CCOCC3)[C@@H]2c2cccc(Cl)c2)cnn1-c1ccccc1. The predicted molar refractivity (Wildman–Crippen MR) is 141 cm³/mol. The monoisotopic (exact) mass is 520 g/mol. The molecule has 0 bridgehead atoms. The number of ether oxygens (including phenoxy) is 1. The number of aromatic nitrogens is 2. The van der Waals surface area contributed by atoms with Crippen molar-refractivity contribution >= 4 is 29.1 Å². The van der Waals surface area contributed by atoms with E-state index < -0.39 is 17.7 Å². The van der Waals surface area contributed by atoms with Crippen LogP contribution in [0.2, 0.25) is 5.02 Å². The van der Waals surface area contributed by atoms with E-state index in [4.69, 9.17) is 16.3 Å². The zero-order valence-electron chi connectivity index (χ0n) is 20.6. The lowest BCUT2D eigenvalue weighted by atomic mass is 9.95. The number of para-hydroxylation sites is 1. The van der Waals surface area contributed by atoms with Gasteiger partial charge in [-0.2, -0.15) is 5.10 Å². The number of likely N-dealkylation sites (tertiary alicyclic amines) is 1. The number of ketones is 1. The number of Topliss-reactive ketones (excluding diaryl/α,β-unsaturated/α-hetero) is 1. The fourth-order valence-corrected chi connectivity index (χ4v) is 5.24. The van der Waals surface area contributed by atoms with Gasteiger partial charge in [-0.1, -0.05) is 41.9 Å². The van der Waals surface area contributed by atoms with Crippen molar-refractivity contribution in [1.29, 1.82) is 0 Å². The predicted octanol–water partition coefficient (Wildman–Crippen LogP) is 3.98. The Kier molecular flexibility index (Phi) is 7.41. The van der Waals surface area contributed by atoms with Crippen molar-refractivity contribution in [3.8, 4) is 5.69 Å². The van der Waals surface area contributed by atoms with E-state index in [0.29, 0.717) is 48.0 Å². The largest absolute Gasteiger partial charge is 0.507 e. The van der Waals surface area contributed by atoms with E-state index in [0.717, 1.165) is 25.3 Å². The van der Waals surface area contributed by atoms with Gasteiger partial charge in [-0.3, -0.25) is 14.5 Å². The van der Waals surface area contributed by atoms with Crippen molar-refractivity contribution in [1.82, 2.24) is 19.6 Å². The molecule has 2 aromatic carbocycles. The maximum Gasteiger partial charge on any atom is 0.295 e. The number of carbonyl (C=O) groups is 2. The molecule has 1 atom stereocenters. The molecule has 37 heavy (non-hydrogen) atoms. The Morgan fingerprint density at radius 3 is 2.57 bits per heavy atom. The number of nitrogens with zero attached hydrogens (tertiary/aromatic N) is 4. The average Bonchev–Trinajstić information content (AvgIpc) is 3.42. The lowest BCUT2D eigenvalue weighted by Gasteiger charge is -2.29. The third-order valence-electron chi connectivity index (χ3n) is 6.95. The smallest absolute Gasteiger partial charge is 0.295 e. The van der Waals surface area contributed by atoms with Crippen LogP contribution in [0.5, 0.6) is 0 Å². The minimum Gasteiger partial charge on any atom is -0.507 e. The Morgan fingerprint density at radius 2 is 1.84 bits per heavy atom. The Bertz CT molecular complexity index is 1330. The number of halogens is 1. The molecule has 2 aliphatic heterocycles. The quantitative estimate of drug-likeness (QED) is 0.288. The van der Waals surface area contributed by atoms with Crippen LogP contribution in [0.25, 0.3) is 11.4 Å². The number of benzene rings is 2. The molecule has 2 aliphatic rings. The van der Waals surface area contributed by atoms with Gasteiger partial charge < -0.3 is 14.7 Å². The van der Waals surface area contributed by atoms with Gasteiger partial charge in [-0.25, -0.2) is 4.68 Å². The average molecular weight is 521 g/mol. The minimum absolute atomic E-state index is 0.0503. The second kappa shape index (κ2) is 10.9. The van der Waals surface area contributed by atoms with Gasteiger partial charge in [0.1, 0.15) is 5.76 Å². The Balaban J connectivity index is 1.51. The van der Waals surface area contributed by atoms with Crippen molar-refractivity contribution in [3.63, 3.8) is 0 Å². The van der Waals surface area contributed by atoms with Gasteiger partial charge in [0, 0.05) is 31.2 Å². The third kappa shape index (κ3) is 5.05. The zero-order chi connectivity index (χ0) is 25.9. The number of aliphatic hydroxyl groups is 1. The number of rotatable bonds is 7. The normalized spacial score (nSPS) is 20.1. The Morgan fingerprint density at radius 1 is 1.08 bits per heavy atom. The molecule has 0 spiro atoms. The summed E-state index contributed by atoms with van der Waals surface area (Å²) in [7, 11) is 0. The van der Waals surface area contributed by atoms with Crippen LogP contribution < -0.4 is 0 Å². The van der Waals surface area contributed by atoms with Crippen molar-refractivity contribution in [2.45, 2.75) is 19.4 Å². The van der Waals surface area contributed by atoms with Crippen LogP contribution >= 0.6 is 11.6 Å². The first-order valence-electron chi connectivity index (χ1n) is 12.4. The lowest BCUT2D eigenvalue weighted by molar-refractivity contribution is -0.140. The molecule has 0 radical (unpaired) electrons. The van der Waals surface area contributed by atoms with Crippen molar-refractivity contribution < 1.29 is 19.4 Å². The lowest BCUT2D eigenvalue weighted by Crippen LogP contribution is -2.38. The molecule has 9 heteroatoms. The number of hydrogen-bond donors (Lipinski definition) is 1. The fraction of sp³-hybridized carbons (Fsp3) is 0.321. The highest BCUT2D eigenvalue weighted by atomic mass is 35.5. The number of hydrogen-bond acceptors (Lipinski definition) is 6.